The Morgan fingerprint density at radius 1 is 1.07 bits per heavy atom. The van der Waals surface area contributed by atoms with Crippen molar-refractivity contribution in [3.05, 3.63) is 72.1 Å². The molecule has 6 nitrogen and oxygen atoms in total. The van der Waals surface area contributed by atoms with Gasteiger partial charge in [0.2, 0.25) is 0 Å². The summed E-state index contributed by atoms with van der Waals surface area (Å²) >= 11 is 6.47. The van der Waals surface area contributed by atoms with Crippen molar-refractivity contribution < 1.29 is 9.53 Å². The Morgan fingerprint density at radius 3 is 2.59 bits per heavy atom. The molecule has 4 aromatic rings. The molecule has 0 aliphatic carbocycles. The molecule has 0 aliphatic heterocycles. The van der Waals surface area contributed by atoms with Gasteiger partial charge in [-0.05, 0) is 25.1 Å². The van der Waals surface area contributed by atoms with Crippen molar-refractivity contribution in [3.8, 4) is 11.1 Å². The van der Waals surface area contributed by atoms with E-state index < -0.39 is 0 Å². The summed E-state index contributed by atoms with van der Waals surface area (Å²) < 4.78 is 6.88. The summed E-state index contributed by atoms with van der Waals surface area (Å²) in [6.45, 7) is 2.16. The highest BCUT2D eigenvalue weighted by molar-refractivity contribution is 6.33. The van der Waals surface area contributed by atoms with Crippen LogP contribution in [0.25, 0.3) is 22.2 Å². The molecule has 29 heavy (non-hydrogen) atoms. The standard InChI is InChI=1S/C22H19ClN4O2/c1-2-29-19(28)13-27-12-17(16-10-6-7-11-18(16)23)20-21(24-14-25-22(20)27)26-15-8-4-3-5-9-15/h3-12,14H,2,13H2,1H3,(H,24,25,26). The maximum absolute atomic E-state index is 12.1. The van der Waals surface area contributed by atoms with Gasteiger partial charge in [0.05, 0.1) is 12.0 Å². The number of benzene rings is 2. The van der Waals surface area contributed by atoms with Crippen molar-refractivity contribution in [2.45, 2.75) is 13.5 Å². The SMILES string of the molecule is CCOC(=O)Cn1cc(-c2ccccc2Cl)c2c(Nc3ccccc3)ncnc21. The zero-order chi connectivity index (χ0) is 20.2. The fourth-order valence-electron chi connectivity index (χ4n) is 3.23. The third-order valence-corrected chi connectivity index (χ3v) is 4.79. The number of aromatic nitrogens is 3. The summed E-state index contributed by atoms with van der Waals surface area (Å²) in [6.07, 6.45) is 3.35. The van der Waals surface area contributed by atoms with Gasteiger partial charge in [0.15, 0.2) is 0 Å². The Labute approximate surface area is 173 Å². The smallest absolute Gasteiger partial charge is 0.325 e. The number of anilines is 2. The minimum atomic E-state index is -0.328. The van der Waals surface area contributed by atoms with E-state index in [4.69, 9.17) is 16.3 Å². The molecule has 2 aromatic heterocycles. The molecule has 2 heterocycles. The van der Waals surface area contributed by atoms with Gasteiger partial charge >= 0.3 is 5.97 Å². The Morgan fingerprint density at radius 2 is 1.83 bits per heavy atom. The van der Waals surface area contributed by atoms with Crippen LogP contribution in [0.15, 0.2) is 67.1 Å². The number of ether oxygens (including phenoxy) is 1. The van der Waals surface area contributed by atoms with Gasteiger partial charge in [-0.3, -0.25) is 4.79 Å². The summed E-state index contributed by atoms with van der Waals surface area (Å²) in [5.74, 6) is 0.310. The van der Waals surface area contributed by atoms with Crippen LogP contribution in [0.1, 0.15) is 6.92 Å². The first kappa shape index (κ1) is 19.0. The van der Waals surface area contributed by atoms with Crippen molar-refractivity contribution >= 4 is 40.1 Å². The Kier molecular flexibility index (Phi) is 5.44. The van der Waals surface area contributed by atoms with E-state index in [1.54, 1.807) is 11.5 Å². The number of nitrogens with one attached hydrogen (secondary N) is 1. The fourth-order valence-corrected chi connectivity index (χ4v) is 3.46. The van der Waals surface area contributed by atoms with E-state index in [0.717, 1.165) is 22.2 Å². The largest absolute Gasteiger partial charge is 0.465 e. The second-order valence-corrected chi connectivity index (χ2v) is 6.77. The lowest BCUT2D eigenvalue weighted by Crippen LogP contribution is -2.13. The highest BCUT2D eigenvalue weighted by Crippen LogP contribution is 2.37. The number of esters is 1. The third-order valence-electron chi connectivity index (χ3n) is 4.46. The molecule has 0 spiro atoms. The Balaban J connectivity index is 1.89. The molecular formula is C22H19ClN4O2. The van der Waals surface area contributed by atoms with Gasteiger partial charge in [-0.1, -0.05) is 48.0 Å². The van der Waals surface area contributed by atoms with Crippen LogP contribution < -0.4 is 5.32 Å². The number of rotatable bonds is 6. The van der Waals surface area contributed by atoms with Crippen molar-refractivity contribution in [1.82, 2.24) is 14.5 Å². The number of para-hydroxylation sites is 1. The van der Waals surface area contributed by atoms with Crippen LogP contribution in [0.3, 0.4) is 0 Å². The first-order valence-corrected chi connectivity index (χ1v) is 9.61. The fraction of sp³-hybridized carbons (Fsp3) is 0.136. The molecule has 2 aromatic carbocycles. The van der Waals surface area contributed by atoms with Crippen LogP contribution in [0, 0.1) is 0 Å². The van der Waals surface area contributed by atoms with Gasteiger partial charge in [0, 0.05) is 28.0 Å². The summed E-state index contributed by atoms with van der Waals surface area (Å²) in [5, 5.41) is 4.74. The van der Waals surface area contributed by atoms with Crippen molar-refractivity contribution in [1.29, 1.82) is 0 Å². The van der Waals surface area contributed by atoms with Crippen LogP contribution in [0.5, 0.6) is 0 Å². The van der Waals surface area contributed by atoms with E-state index in [1.807, 2.05) is 60.8 Å². The van der Waals surface area contributed by atoms with E-state index in [1.165, 1.54) is 6.33 Å². The number of hydrogen-bond acceptors (Lipinski definition) is 5. The average molecular weight is 407 g/mol. The van der Waals surface area contributed by atoms with Crippen molar-refractivity contribution in [2.75, 3.05) is 11.9 Å². The first-order chi connectivity index (χ1) is 14.2. The molecule has 0 fully saturated rings. The normalized spacial score (nSPS) is 10.8. The maximum Gasteiger partial charge on any atom is 0.325 e. The molecule has 0 aliphatic rings. The predicted molar refractivity (Wildman–Crippen MR) is 114 cm³/mol. The maximum atomic E-state index is 12.1. The number of fused-ring (bicyclic) bond motifs is 1. The average Bonchev–Trinajstić information content (AvgIpc) is 3.08. The number of halogens is 1. The molecule has 7 heteroatoms. The van der Waals surface area contributed by atoms with Crippen LogP contribution in [-0.2, 0) is 16.1 Å². The first-order valence-electron chi connectivity index (χ1n) is 9.23. The molecule has 0 atom stereocenters. The van der Waals surface area contributed by atoms with Gasteiger partial charge in [-0.15, -0.1) is 0 Å². The van der Waals surface area contributed by atoms with Gasteiger partial charge < -0.3 is 14.6 Å². The monoisotopic (exact) mass is 406 g/mol. The minimum absolute atomic E-state index is 0.0522. The number of carbonyl (C=O) groups is 1. The highest BCUT2D eigenvalue weighted by Gasteiger charge is 2.19. The molecule has 0 saturated heterocycles. The molecule has 0 bridgehead atoms. The second-order valence-electron chi connectivity index (χ2n) is 6.37. The number of hydrogen-bond donors (Lipinski definition) is 1. The van der Waals surface area contributed by atoms with Gasteiger partial charge in [0.1, 0.15) is 24.3 Å². The van der Waals surface area contributed by atoms with E-state index in [2.05, 4.69) is 15.3 Å². The molecular weight excluding hydrogens is 388 g/mol. The van der Waals surface area contributed by atoms with Crippen LogP contribution in [-0.4, -0.2) is 27.1 Å². The van der Waals surface area contributed by atoms with Crippen molar-refractivity contribution in [2.24, 2.45) is 0 Å². The van der Waals surface area contributed by atoms with E-state index in [9.17, 15) is 4.79 Å². The summed E-state index contributed by atoms with van der Waals surface area (Å²) in [4.78, 5) is 21.0. The summed E-state index contributed by atoms with van der Waals surface area (Å²) in [7, 11) is 0. The molecule has 0 radical (unpaired) electrons. The van der Waals surface area contributed by atoms with Gasteiger partial charge in [0.25, 0.3) is 0 Å². The number of carbonyl (C=O) groups excluding carboxylic acids is 1. The van der Waals surface area contributed by atoms with Crippen LogP contribution in [0.4, 0.5) is 11.5 Å². The third kappa shape index (κ3) is 3.93. The van der Waals surface area contributed by atoms with Crippen molar-refractivity contribution in [3.63, 3.8) is 0 Å². The Hall–Kier alpha value is -3.38. The summed E-state index contributed by atoms with van der Waals surface area (Å²) in [6, 6.07) is 17.3. The molecule has 0 unspecified atom stereocenters. The molecule has 0 amide bonds. The van der Waals surface area contributed by atoms with E-state index in [0.29, 0.717) is 23.1 Å². The lowest BCUT2D eigenvalue weighted by Gasteiger charge is -2.09. The second kappa shape index (κ2) is 8.32. The zero-order valence-corrected chi connectivity index (χ0v) is 16.6. The van der Waals surface area contributed by atoms with Gasteiger partial charge in [-0.25, -0.2) is 9.97 Å². The molecule has 4 rings (SSSR count). The lowest BCUT2D eigenvalue weighted by molar-refractivity contribution is -0.143. The molecule has 146 valence electrons. The zero-order valence-electron chi connectivity index (χ0n) is 15.8. The number of nitrogens with zero attached hydrogens (tertiary/aromatic N) is 3. The minimum Gasteiger partial charge on any atom is -0.465 e. The quantitative estimate of drug-likeness (QED) is 0.453. The lowest BCUT2D eigenvalue weighted by atomic mass is 10.1. The van der Waals surface area contributed by atoms with E-state index >= 15 is 0 Å². The topological polar surface area (TPSA) is 69.0 Å². The molecule has 1 N–H and O–H groups in total. The molecule has 0 saturated carbocycles. The van der Waals surface area contributed by atoms with E-state index in [-0.39, 0.29) is 12.5 Å². The highest BCUT2D eigenvalue weighted by atomic mass is 35.5. The van der Waals surface area contributed by atoms with Crippen LogP contribution >= 0.6 is 11.6 Å². The van der Waals surface area contributed by atoms with Crippen LogP contribution in [0.2, 0.25) is 5.02 Å². The Bertz CT molecular complexity index is 1160. The predicted octanol–water partition coefficient (Wildman–Crippen LogP) is 5.06. The summed E-state index contributed by atoms with van der Waals surface area (Å²) in [5.41, 5.74) is 3.21. The van der Waals surface area contributed by atoms with Gasteiger partial charge in [-0.2, -0.15) is 0 Å².